The Morgan fingerprint density at radius 3 is 2.27 bits per heavy atom. The van der Waals surface area contributed by atoms with Crippen LogP contribution in [0.1, 0.15) is 25.7 Å². The maximum atomic E-state index is 11.1. The minimum Gasteiger partial charge on any atom is -0.396 e. The van der Waals surface area contributed by atoms with Gasteiger partial charge in [0.2, 0.25) is 0 Å². The number of fused-ring (bicyclic) bond motifs is 2. The summed E-state index contributed by atoms with van der Waals surface area (Å²) in [5.41, 5.74) is 0. The monoisotopic (exact) mass is 154 g/mol. The van der Waals surface area contributed by atoms with Crippen LogP contribution in [-0.4, -0.2) is 17.5 Å². The van der Waals surface area contributed by atoms with Crippen LogP contribution >= 0.6 is 0 Å². The van der Waals surface area contributed by atoms with Gasteiger partial charge in [-0.3, -0.25) is 4.79 Å². The molecule has 2 bridgehead atoms. The van der Waals surface area contributed by atoms with Gasteiger partial charge in [0.15, 0.2) is 0 Å². The van der Waals surface area contributed by atoms with Crippen molar-refractivity contribution in [3.63, 3.8) is 0 Å². The van der Waals surface area contributed by atoms with Gasteiger partial charge in [0, 0.05) is 19.4 Å². The molecule has 2 heteroatoms. The summed E-state index contributed by atoms with van der Waals surface area (Å²) >= 11 is 0. The predicted molar refractivity (Wildman–Crippen MR) is 41.0 cm³/mol. The molecule has 2 fully saturated rings. The number of hydrogen-bond donors (Lipinski definition) is 1. The van der Waals surface area contributed by atoms with Gasteiger partial charge in [-0.15, -0.1) is 0 Å². The second-order valence-electron chi connectivity index (χ2n) is 3.89. The lowest BCUT2D eigenvalue weighted by Gasteiger charge is -2.27. The predicted octanol–water partition coefficient (Wildman–Crippen LogP) is 0.984. The largest absolute Gasteiger partial charge is 0.396 e. The van der Waals surface area contributed by atoms with Crippen LogP contribution in [0.15, 0.2) is 0 Å². The van der Waals surface area contributed by atoms with Gasteiger partial charge in [-0.05, 0) is 30.6 Å². The lowest BCUT2D eigenvalue weighted by molar-refractivity contribution is -0.123. The molecular weight excluding hydrogens is 140 g/mol. The van der Waals surface area contributed by atoms with Crippen molar-refractivity contribution in [1.29, 1.82) is 0 Å². The minimum absolute atomic E-state index is 0.294. The molecule has 2 atom stereocenters. The number of rotatable bonds is 1. The highest BCUT2D eigenvalue weighted by molar-refractivity contribution is 5.80. The first kappa shape index (κ1) is 7.29. The first-order valence-electron chi connectivity index (χ1n) is 4.44. The van der Waals surface area contributed by atoms with Crippen LogP contribution in [0.5, 0.6) is 0 Å². The van der Waals surface area contributed by atoms with Crippen LogP contribution in [0.25, 0.3) is 0 Å². The smallest absolute Gasteiger partial charge is 0.133 e. The molecule has 2 unspecified atom stereocenters. The van der Waals surface area contributed by atoms with Crippen LogP contribution in [0, 0.1) is 17.8 Å². The molecule has 0 aromatic carbocycles. The van der Waals surface area contributed by atoms with E-state index in [4.69, 9.17) is 5.11 Å². The fourth-order valence-corrected chi connectivity index (χ4v) is 2.71. The molecule has 2 saturated carbocycles. The molecule has 0 amide bonds. The molecule has 0 radical (unpaired) electrons. The Hall–Kier alpha value is -0.370. The lowest BCUT2D eigenvalue weighted by atomic mass is 9.78. The van der Waals surface area contributed by atoms with Gasteiger partial charge in [-0.25, -0.2) is 0 Å². The quantitative estimate of drug-likeness (QED) is 0.611. The van der Waals surface area contributed by atoms with Crippen molar-refractivity contribution >= 4 is 5.78 Å². The number of aliphatic hydroxyl groups is 1. The third-order valence-electron chi connectivity index (χ3n) is 3.31. The molecule has 62 valence electrons. The van der Waals surface area contributed by atoms with Gasteiger partial charge in [-0.2, -0.15) is 0 Å². The normalized spacial score (nSPS) is 43.0. The summed E-state index contributed by atoms with van der Waals surface area (Å²) in [6.45, 7) is 0.294. The summed E-state index contributed by atoms with van der Waals surface area (Å²) in [6, 6.07) is 0. The zero-order chi connectivity index (χ0) is 7.84. The minimum atomic E-state index is 0.294. The second kappa shape index (κ2) is 2.59. The number of carbonyl (C=O) groups excluding carboxylic acids is 1. The summed E-state index contributed by atoms with van der Waals surface area (Å²) < 4.78 is 0. The molecular formula is C9H14O2. The molecule has 0 saturated heterocycles. The van der Waals surface area contributed by atoms with Gasteiger partial charge in [0.1, 0.15) is 5.78 Å². The first-order valence-corrected chi connectivity index (χ1v) is 4.44. The molecule has 11 heavy (non-hydrogen) atoms. The van der Waals surface area contributed by atoms with Crippen molar-refractivity contribution in [2.24, 2.45) is 17.8 Å². The molecule has 0 heterocycles. The van der Waals surface area contributed by atoms with E-state index < -0.39 is 0 Å². The van der Waals surface area contributed by atoms with Crippen molar-refractivity contribution in [3.8, 4) is 0 Å². The Morgan fingerprint density at radius 2 is 1.82 bits per heavy atom. The number of carbonyl (C=O) groups is 1. The maximum Gasteiger partial charge on any atom is 0.133 e. The van der Waals surface area contributed by atoms with E-state index in [0.717, 1.165) is 12.8 Å². The van der Waals surface area contributed by atoms with Gasteiger partial charge in [0.05, 0.1) is 0 Å². The highest BCUT2D eigenvalue weighted by Crippen LogP contribution is 2.44. The lowest BCUT2D eigenvalue weighted by Crippen LogP contribution is -2.28. The average molecular weight is 154 g/mol. The summed E-state index contributed by atoms with van der Waals surface area (Å²) in [4.78, 5) is 11.1. The Bertz CT molecular complexity index is 160. The maximum absolute atomic E-state index is 11.1. The van der Waals surface area contributed by atoms with E-state index >= 15 is 0 Å². The van der Waals surface area contributed by atoms with E-state index in [1.54, 1.807) is 0 Å². The van der Waals surface area contributed by atoms with Crippen molar-refractivity contribution in [2.75, 3.05) is 6.61 Å². The highest BCUT2D eigenvalue weighted by atomic mass is 16.3. The first-order chi connectivity index (χ1) is 5.31. The second-order valence-corrected chi connectivity index (χ2v) is 3.89. The van der Waals surface area contributed by atoms with Crippen LogP contribution in [0.2, 0.25) is 0 Å². The van der Waals surface area contributed by atoms with Gasteiger partial charge in [-0.1, -0.05) is 0 Å². The molecule has 2 aliphatic rings. The fraction of sp³-hybridized carbons (Fsp3) is 0.889. The fourth-order valence-electron chi connectivity index (χ4n) is 2.71. The van der Waals surface area contributed by atoms with Gasteiger partial charge < -0.3 is 5.11 Å². The average Bonchev–Trinajstić information content (AvgIpc) is 2.23. The topological polar surface area (TPSA) is 37.3 Å². The van der Waals surface area contributed by atoms with E-state index in [2.05, 4.69) is 0 Å². The molecule has 1 N–H and O–H groups in total. The summed E-state index contributed by atoms with van der Waals surface area (Å²) in [7, 11) is 0. The molecule has 2 aliphatic carbocycles. The zero-order valence-corrected chi connectivity index (χ0v) is 6.62. The molecule has 0 spiro atoms. The van der Waals surface area contributed by atoms with Crippen LogP contribution in [0.3, 0.4) is 0 Å². The summed E-state index contributed by atoms with van der Waals surface area (Å²) in [6.07, 6.45) is 3.81. The van der Waals surface area contributed by atoms with Crippen molar-refractivity contribution in [3.05, 3.63) is 0 Å². The SMILES string of the molecule is O=C1CC2CCC(C1)C2CO. The van der Waals surface area contributed by atoms with Crippen LogP contribution in [0.4, 0.5) is 0 Å². The van der Waals surface area contributed by atoms with E-state index in [0.29, 0.717) is 30.1 Å². The summed E-state index contributed by atoms with van der Waals surface area (Å²) in [5.74, 6) is 1.91. The molecule has 2 rings (SSSR count). The third-order valence-corrected chi connectivity index (χ3v) is 3.31. The number of hydrogen-bond acceptors (Lipinski definition) is 2. The van der Waals surface area contributed by atoms with Crippen LogP contribution in [-0.2, 0) is 4.79 Å². The van der Waals surface area contributed by atoms with E-state index in [1.165, 1.54) is 12.8 Å². The third kappa shape index (κ3) is 1.09. The van der Waals surface area contributed by atoms with E-state index in [-0.39, 0.29) is 0 Å². The Balaban J connectivity index is 2.12. The molecule has 2 nitrogen and oxygen atoms in total. The van der Waals surface area contributed by atoms with E-state index in [9.17, 15) is 4.79 Å². The van der Waals surface area contributed by atoms with Crippen molar-refractivity contribution in [2.45, 2.75) is 25.7 Å². The van der Waals surface area contributed by atoms with Gasteiger partial charge in [0.25, 0.3) is 0 Å². The Labute approximate surface area is 66.6 Å². The van der Waals surface area contributed by atoms with Crippen molar-refractivity contribution < 1.29 is 9.90 Å². The number of ketones is 1. The highest BCUT2D eigenvalue weighted by Gasteiger charge is 2.41. The van der Waals surface area contributed by atoms with Crippen LogP contribution < -0.4 is 0 Å². The molecule has 0 aromatic rings. The Kier molecular flexibility index (Phi) is 1.72. The summed E-state index contributed by atoms with van der Waals surface area (Å²) in [5, 5.41) is 9.05. The number of aliphatic hydroxyl groups excluding tert-OH is 1. The van der Waals surface area contributed by atoms with E-state index in [1.807, 2.05) is 0 Å². The van der Waals surface area contributed by atoms with Crippen molar-refractivity contribution in [1.82, 2.24) is 0 Å². The number of Topliss-reactive ketones (excluding diaryl/α,β-unsaturated/α-hetero) is 1. The zero-order valence-electron chi connectivity index (χ0n) is 6.62. The van der Waals surface area contributed by atoms with Gasteiger partial charge >= 0.3 is 0 Å². The molecule has 0 aliphatic heterocycles. The standard InChI is InChI=1S/C9H14O2/c10-5-9-6-1-2-7(9)4-8(11)3-6/h6-7,9-10H,1-5H2. The molecule has 0 aromatic heterocycles. The Morgan fingerprint density at radius 1 is 1.27 bits per heavy atom.